The van der Waals surface area contributed by atoms with Crippen LogP contribution in [0.25, 0.3) is 10.2 Å². The predicted octanol–water partition coefficient (Wildman–Crippen LogP) is 1.74. The van der Waals surface area contributed by atoms with E-state index in [2.05, 4.69) is 15.3 Å². The minimum absolute atomic E-state index is 0.0514. The summed E-state index contributed by atoms with van der Waals surface area (Å²) in [5, 5.41) is 4.01. The highest BCUT2D eigenvalue weighted by Gasteiger charge is 2.30. The number of aromatic nitrogens is 2. The van der Waals surface area contributed by atoms with Crippen molar-refractivity contribution in [1.29, 1.82) is 0 Å². The van der Waals surface area contributed by atoms with Crippen LogP contribution in [0.1, 0.15) is 27.5 Å². The quantitative estimate of drug-likeness (QED) is 0.861. The van der Waals surface area contributed by atoms with Crippen molar-refractivity contribution in [3.05, 3.63) is 16.3 Å². The number of anilines is 1. The van der Waals surface area contributed by atoms with E-state index in [0.29, 0.717) is 16.5 Å². The van der Waals surface area contributed by atoms with E-state index < -0.39 is 0 Å². The zero-order valence-corrected chi connectivity index (χ0v) is 14.3. The molecule has 1 atom stereocenters. The fraction of sp³-hybridized carbons (Fsp3) is 0.467. The van der Waals surface area contributed by atoms with Crippen LogP contribution in [0.3, 0.4) is 0 Å². The maximum atomic E-state index is 12.1. The van der Waals surface area contributed by atoms with Gasteiger partial charge in [0.05, 0.1) is 12.5 Å². The Labute approximate surface area is 137 Å². The number of aryl methyl sites for hydroxylation is 2. The normalized spacial score (nSPS) is 17.8. The van der Waals surface area contributed by atoms with Crippen LogP contribution in [0.15, 0.2) is 0 Å². The van der Waals surface area contributed by atoms with E-state index in [-0.39, 0.29) is 17.9 Å². The molecule has 0 saturated carbocycles. The number of nitrogens with zero attached hydrogens (tertiary/aromatic N) is 3. The van der Waals surface area contributed by atoms with Crippen molar-refractivity contribution in [3.63, 3.8) is 0 Å². The lowest BCUT2D eigenvalue weighted by atomic mass is 10.2. The molecule has 2 aromatic heterocycles. The first kappa shape index (κ1) is 15.7. The van der Waals surface area contributed by atoms with Crippen molar-refractivity contribution in [3.8, 4) is 0 Å². The van der Waals surface area contributed by atoms with Gasteiger partial charge < -0.3 is 15.0 Å². The summed E-state index contributed by atoms with van der Waals surface area (Å²) >= 11 is 1.28. The number of fused-ring (bicyclic) bond motifs is 1. The molecule has 1 fully saturated rings. The van der Waals surface area contributed by atoms with Crippen LogP contribution in [0.2, 0.25) is 0 Å². The molecule has 1 aliphatic heterocycles. The molecule has 0 radical (unpaired) electrons. The maximum Gasteiger partial charge on any atom is 0.348 e. The maximum absolute atomic E-state index is 12.1. The number of amides is 1. The van der Waals surface area contributed by atoms with Crippen LogP contribution in [0.5, 0.6) is 0 Å². The highest BCUT2D eigenvalue weighted by Crippen LogP contribution is 2.35. The molecule has 1 amide bonds. The van der Waals surface area contributed by atoms with Gasteiger partial charge >= 0.3 is 5.97 Å². The lowest BCUT2D eigenvalue weighted by Gasteiger charge is -2.14. The largest absolute Gasteiger partial charge is 0.465 e. The summed E-state index contributed by atoms with van der Waals surface area (Å²) < 4.78 is 4.82. The highest BCUT2D eigenvalue weighted by molar-refractivity contribution is 7.20. The minimum Gasteiger partial charge on any atom is -0.465 e. The molecule has 3 heterocycles. The molecule has 7 nitrogen and oxygen atoms in total. The Bertz CT molecular complexity index is 802. The average molecular weight is 334 g/mol. The van der Waals surface area contributed by atoms with Crippen LogP contribution in [0, 0.1) is 13.8 Å². The standard InChI is InChI=1S/C15H18N4O3S/c1-7-10-12(18-9-5-6-19(3)14(9)20)16-8(2)17-13(10)23-11(7)15(21)22-4/h9H,5-6H2,1-4H3,(H,16,17,18). The van der Waals surface area contributed by atoms with Crippen LogP contribution in [-0.4, -0.2) is 53.5 Å². The van der Waals surface area contributed by atoms with E-state index in [9.17, 15) is 9.59 Å². The van der Waals surface area contributed by atoms with Crippen LogP contribution in [0.4, 0.5) is 5.82 Å². The van der Waals surface area contributed by atoms with Crippen LogP contribution >= 0.6 is 11.3 Å². The summed E-state index contributed by atoms with van der Waals surface area (Å²) in [6.45, 7) is 4.36. The molecule has 0 bridgehead atoms. The molecule has 1 aliphatic rings. The number of esters is 1. The van der Waals surface area contributed by atoms with Crippen molar-refractivity contribution >= 4 is 39.2 Å². The zero-order chi connectivity index (χ0) is 16.7. The molecule has 3 rings (SSSR count). The van der Waals surface area contributed by atoms with Gasteiger partial charge in [0.25, 0.3) is 0 Å². The van der Waals surface area contributed by atoms with Gasteiger partial charge in [0.15, 0.2) is 0 Å². The van der Waals surface area contributed by atoms with Crippen LogP contribution < -0.4 is 5.32 Å². The zero-order valence-electron chi connectivity index (χ0n) is 13.5. The first-order valence-corrected chi connectivity index (χ1v) is 8.11. The number of ether oxygens (including phenoxy) is 1. The third-order valence-corrected chi connectivity index (χ3v) is 5.18. The van der Waals surface area contributed by atoms with Crippen molar-refractivity contribution in [2.75, 3.05) is 26.0 Å². The molecular weight excluding hydrogens is 316 g/mol. The van der Waals surface area contributed by atoms with Crippen molar-refractivity contribution in [2.24, 2.45) is 0 Å². The van der Waals surface area contributed by atoms with Crippen molar-refractivity contribution in [1.82, 2.24) is 14.9 Å². The average Bonchev–Trinajstić information content (AvgIpc) is 3.01. The highest BCUT2D eigenvalue weighted by atomic mass is 32.1. The Hall–Kier alpha value is -2.22. The fourth-order valence-corrected chi connectivity index (χ4v) is 3.90. The fourth-order valence-electron chi connectivity index (χ4n) is 2.76. The molecule has 8 heteroatoms. The number of likely N-dealkylation sites (N-methyl/N-ethyl adjacent to an activating group) is 1. The molecule has 1 unspecified atom stereocenters. The lowest BCUT2D eigenvalue weighted by molar-refractivity contribution is -0.127. The van der Waals surface area contributed by atoms with Gasteiger partial charge in [0.1, 0.15) is 27.4 Å². The Morgan fingerprint density at radius 3 is 2.74 bits per heavy atom. The second-order valence-electron chi connectivity index (χ2n) is 5.59. The molecule has 2 aromatic rings. The van der Waals surface area contributed by atoms with Gasteiger partial charge in [-0.05, 0) is 25.8 Å². The summed E-state index contributed by atoms with van der Waals surface area (Å²) in [5.41, 5.74) is 0.776. The molecule has 0 spiro atoms. The van der Waals surface area contributed by atoms with Crippen LogP contribution in [-0.2, 0) is 9.53 Å². The van der Waals surface area contributed by atoms with E-state index in [1.54, 1.807) is 18.9 Å². The third kappa shape index (κ3) is 2.63. The second kappa shape index (κ2) is 5.77. The molecular formula is C15H18N4O3S. The second-order valence-corrected chi connectivity index (χ2v) is 6.59. The first-order valence-electron chi connectivity index (χ1n) is 7.30. The van der Waals surface area contributed by atoms with Crippen molar-refractivity contribution in [2.45, 2.75) is 26.3 Å². The number of methoxy groups -OCH3 is 1. The molecule has 1 N–H and O–H groups in total. The van der Waals surface area contributed by atoms with E-state index >= 15 is 0 Å². The van der Waals surface area contributed by atoms with E-state index in [1.165, 1.54) is 18.4 Å². The number of nitrogens with one attached hydrogen (secondary N) is 1. The lowest BCUT2D eigenvalue weighted by Crippen LogP contribution is -2.31. The van der Waals surface area contributed by atoms with Crippen molar-refractivity contribution < 1.29 is 14.3 Å². The van der Waals surface area contributed by atoms with E-state index in [0.717, 1.165) is 28.7 Å². The summed E-state index contributed by atoms with van der Waals surface area (Å²) in [4.78, 5) is 35.8. The smallest absolute Gasteiger partial charge is 0.348 e. The number of rotatable bonds is 3. The third-order valence-electron chi connectivity index (χ3n) is 4.01. The SMILES string of the molecule is COC(=O)c1sc2nc(C)nc(NC3CCN(C)C3=O)c2c1C. The Morgan fingerprint density at radius 2 is 2.13 bits per heavy atom. The van der Waals surface area contributed by atoms with Gasteiger partial charge in [-0.2, -0.15) is 0 Å². The number of hydrogen-bond donors (Lipinski definition) is 1. The Balaban J connectivity index is 2.07. The summed E-state index contributed by atoms with van der Waals surface area (Å²) in [5.74, 6) is 0.864. The van der Waals surface area contributed by atoms with Gasteiger partial charge in [-0.15, -0.1) is 11.3 Å². The molecule has 0 aromatic carbocycles. The number of likely N-dealkylation sites (tertiary alicyclic amines) is 1. The Kier molecular flexibility index (Phi) is 3.93. The van der Waals surface area contributed by atoms with Gasteiger partial charge in [-0.25, -0.2) is 14.8 Å². The van der Waals surface area contributed by atoms with Gasteiger partial charge in [0.2, 0.25) is 5.91 Å². The van der Waals surface area contributed by atoms with Gasteiger partial charge in [-0.1, -0.05) is 0 Å². The molecule has 0 aliphatic carbocycles. The topological polar surface area (TPSA) is 84.4 Å². The number of carbonyl (C=O) groups is 2. The monoisotopic (exact) mass is 334 g/mol. The number of carbonyl (C=O) groups excluding carboxylic acids is 2. The number of hydrogen-bond acceptors (Lipinski definition) is 7. The Morgan fingerprint density at radius 1 is 1.39 bits per heavy atom. The number of thiophene rings is 1. The molecule has 1 saturated heterocycles. The summed E-state index contributed by atoms with van der Waals surface area (Å²) in [7, 11) is 3.14. The minimum atomic E-state index is -0.384. The predicted molar refractivity (Wildman–Crippen MR) is 87.9 cm³/mol. The first-order chi connectivity index (χ1) is 10.9. The van der Waals surface area contributed by atoms with Gasteiger partial charge in [-0.3, -0.25) is 4.79 Å². The van der Waals surface area contributed by atoms with E-state index in [1.807, 2.05) is 6.92 Å². The molecule has 122 valence electrons. The van der Waals surface area contributed by atoms with E-state index in [4.69, 9.17) is 4.74 Å². The van der Waals surface area contributed by atoms with Gasteiger partial charge in [0, 0.05) is 13.6 Å². The summed E-state index contributed by atoms with van der Waals surface area (Å²) in [6, 6.07) is -0.293. The summed E-state index contributed by atoms with van der Waals surface area (Å²) in [6.07, 6.45) is 0.729. The molecule has 23 heavy (non-hydrogen) atoms.